The molecule has 0 heterocycles. The first-order valence-electron chi connectivity index (χ1n) is 10.3. The molecule has 30 heavy (non-hydrogen) atoms. The fourth-order valence-electron chi connectivity index (χ4n) is 2.38. The molecule has 0 unspecified atom stereocenters. The number of nitrogens with zero attached hydrogens (tertiary/aromatic N) is 2. The summed E-state index contributed by atoms with van der Waals surface area (Å²) in [4.78, 5) is 0. The molecule has 0 radical (unpaired) electrons. The first-order valence-corrected chi connectivity index (χ1v) is 10.3. The third kappa shape index (κ3) is 12.2. The van der Waals surface area contributed by atoms with Crippen LogP contribution in [0, 0.1) is 23.7 Å². The van der Waals surface area contributed by atoms with Gasteiger partial charge in [-0.1, -0.05) is 17.9 Å². The van der Waals surface area contributed by atoms with E-state index in [9.17, 15) is 0 Å². The third-order valence-corrected chi connectivity index (χ3v) is 5.65. The monoisotopic (exact) mass is 640 g/mol. The van der Waals surface area contributed by atoms with E-state index >= 15 is 0 Å². The van der Waals surface area contributed by atoms with Crippen molar-refractivity contribution in [1.82, 2.24) is 0 Å². The van der Waals surface area contributed by atoms with Crippen LogP contribution in [0.1, 0.15) is 27.7 Å². The highest BCUT2D eigenvalue weighted by atomic mass is 127. The molecular weight excluding hydrogens is 602 g/mol. The zero-order valence-electron chi connectivity index (χ0n) is 19.4. The minimum atomic E-state index is 0. The molecule has 1 aromatic rings. The minimum absolute atomic E-state index is 0. The van der Waals surface area contributed by atoms with Crippen molar-refractivity contribution in [2.75, 3.05) is 66.6 Å². The van der Waals surface area contributed by atoms with E-state index < -0.39 is 0 Å². The molecule has 0 amide bonds. The van der Waals surface area contributed by atoms with Gasteiger partial charge in [-0.15, -0.1) is 0 Å². The molecule has 0 bridgehead atoms. The fraction of sp³-hybridized carbons (Fsp3) is 0.583. The van der Waals surface area contributed by atoms with Gasteiger partial charge in [0.15, 0.2) is 0 Å². The maximum absolute atomic E-state index is 5.73. The first kappa shape index (κ1) is 31.5. The summed E-state index contributed by atoms with van der Waals surface area (Å²) in [5.41, 5.74) is 0. The van der Waals surface area contributed by atoms with Gasteiger partial charge in [0.05, 0.1) is 40.3 Å². The summed E-state index contributed by atoms with van der Waals surface area (Å²) >= 11 is 0. The van der Waals surface area contributed by atoms with Crippen LogP contribution < -0.4 is 57.4 Å². The zero-order valence-corrected chi connectivity index (χ0v) is 23.7. The molecule has 1 aromatic carbocycles. The van der Waals surface area contributed by atoms with Crippen molar-refractivity contribution in [2.45, 2.75) is 27.7 Å². The third-order valence-electron chi connectivity index (χ3n) is 5.65. The van der Waals surface area contributed by atoms with Crippen LogP contribution >= 0.6 is 0 Å². The molecule has 0 atom stereocenters. The molecule has 0 saturated heterocycles. The number of hydrogen-bond acceptors (Lipinski definition) is 2. The quantitative estimate of drug-likeness (QED) is 0.159. The van der Waals surface area contributed by atoms with Crippen molar-refractivity contribution in [1.29, 1.82) is 0 Å². The SMILES string of the molecule is CC[N+](C)(CC)CC#CCOc1cccc(OCC#CC[N+](C)(CC)CC)c1.[I-].[I-]. The first-order chi connectivity index (χ1) is 13.4. The second-order valence-corrected chi connectivity index (χ2v) is 7.58. The van der Waals surface area contributed by atoms with Crippen molar-refractivity contribution in [3.63, 3.8) is 0 Å². The number of rotatable bonds is 10. The number of hydrogen-bond donors (Lipinski definition) is 0. The minimum Gasteiger partial charge on any atom is -1.00 e. The van der Waals surface area contributed by atoms with Gasteiger partial charge in [-0.2, -0.15) is 0 Å². The summed E-state index contributed by atoms with van der Waals surface area (Å²) in [6.45, 7) is 15.6. The van der Waals surface area contributed by atoms with Crippen molar-refractivity contribution in [3.05, 3.63) is 24.3 Å². The summed E-state index contributed by atoms with van der Waals surface area (Å²) < 4.78 is 13.4. The van der Waals surface area contributed by atoms with E-state index in [1.54, 1.807) is 0 Å². The van der Waals surface area contributed by atoms with Gasteiger partial charge >= 0.3 is 0 Å². The zero-order chi connectivity index (χ0) is 20.9. The molecule has 0 aliphatic carbocycles. The van der Waals surface area contributed by atoms with E-state index in [4.69, 9.17) is 9.47 Å². The van der Waals surface area contributed by atoms with E-state index in [1.807, 2.05) is 24.3 Å². The van der Waals surface area contributed by atoms with Crippen LogP contribution in [0.15, 0.2) is 24.3 Å². The van der Waals surface area contributed by atoms with E-state index in [-0.39, 0.29) is 48.0 Å². The van der Waals surface area contributed by atoms with Gasteiger partial charge in [0, 0.05) is 6.07 Å². The Bertz CT molecular complexity index is 652. The number of benzene rings is 1. The van der Waals surface area contributed by atoms with Gasteiger partial charge in [-0.3, -0.25) is 0 Å². The molecule has 0 fully saturated rings. The van der Waals surface area contributed by atoms with E-state index in [0.29, 0.717) is 13.2 Å². The smallest absolute Gasteiger partial charge is 0.149 e. The molecule has 170 valence electrons. The summed E-state index contributed by atoms with van der Waals surface area (Å²) in [5, 5.41) is 0. The Balaban J connectivity index is 0. The van der Waals surface area contributed by atoms with Crippen molar-refractivity contribution >= 4 is 0 Å². The highest BCUT2D eigenvalue weighted by Gasteiger charge is 2.14. The molecule has 0 aliphatic rings. The lowest BCUT2D eigenvalue weighted by Gasteiger charge is -2.29. The molecule has 0 saturated carbocycles. The summed E-state index contributed by atoms with van der Waals surface area (Å²) in [6.07, 6.45) is 0. The Hall–Kier alpha value is -0.680. The molecule has 0 aromatic heterocycles. The van der Waals surface area contributed by atoms with Crippen LogP contribution in [-0.2, 0) is 0 Å². The molecule has 1 rings (SSSR count). The van der Waals surface area contributed by atoms with Gasteiger partial charge in [-0.25, -0.2) is 0 Å². The molecule has 0 spiro atoms. The van der Waals surface area contributed by atoms with E-state index in [0.717, 1.165) is 59.7 Å². The number of halogens is 2. The molecule has 0 N–H and O–H groups in total. The Labute approximate surface area is 218 Å². The van der Waals surface area contributed by atoms with Gasteiger partial charge in [-0.05, 0) is 51.7 Å². The van der Waals surface area contributed by atoms with Crippen LogP contribution in [0.4, 0.5) is 0 Å². The Morgan fingerprint density at radius 3 is 1.37 bits per heavy atom. The second kappa shape index (κ2) is 16.9. The standard InChI is InChI=1S/C24H38N2O2.2HI/c1-7-25(5,8-2)18-11-13-20-27-23-16-15-17-24(22-23)28-21-14-12-19-26(6,9-3)10-4;;/h15-17,22H,7-10,18-21H2,1-6H3;2*1H/q+2;;/p-2. The van der Waals surface area contributed by atoms with Gasteiger partial charge in [0.1, 0.15) is 37.8 Å². The average molecular weight is 640 g/mol. The number of quaternary nitrogens is 2. The molecular formula is C24H38I2N2O2. The largest absolute Gasteiger partial charge is 1.00 e. The summed E-state index contributed by atoms with van der Waals surface area (Å²) in [6, 6.07) is 7.66. The fourth-order valence-corrected chi connectivity index (χ4v) is 2.38. The number of ether oxygens (including phenoxy) is 2. The van der Waals surface area contributed by atoms with Crippen LogP contribution in [0.2, 0.25) is 0 Å². The highest BCUT2D eigenvalue weighted by Crippen LogP contribution is 2.19. The topological polar surface area (TPSA) is 18.5 Å². The van der Waals surface area contributed by atoms with Crippen LogP contribution in [0.5, 0.6) is 11.5 Å². The molecule has 6 heteroatoms. The predicted octanol–water partition coefficient (Wildman–Crippen LogP) is -2.57. The van der Waals surface area contributed by atoms with Crippen LogP contribution in [0.25, 0.3) is 0 Å². The Morgan fingerprint density at radius 2 is 1.03 bits per heavy atom. The highest BCUT2D eigenvalue weighted by molar-refractivity contribution is 5.33. The normalized spacial score (nSPS) is 10.3. The summed E-state index contributed by atoms with van der Waals surface area (Å²) in [5.74, 6) is 14.2. The van der Waals surface area contributed by atoms with E-state index in [1.165, 1.54) is 0 Å². The van der Waals surface area contributed by atoms with Gasteiger partial charge in [0.2, 0.25) is 0 Å². The van der Waals surface area contributed by atoms with Crippen molar-refractivity contribution < 1.29 is 66.4 Å². The van der Waals surface area contributed by atoms with E-state index in [2.05, 4.69) is 65.5 Å². The molecule has 4 nitrogen and oxygen atoms in total. The Morgan fingerprint density at radius 1 is 0.667 bits per heavy atom. The van der Waals surface area contributed by atoms with Crippen molar-refractivity contribution in [3.8, 4) is 35.2 Å². The molecule has 0 aliphatic heterocycles. The predicted molar refractivity (Wildman–Crippen MR) is 117 cm³/mol. The van der Waals surface area contributed by atoms with Gasteiger partial charge in [0.25, 0.3) is 0 Å². The van der Waals surface area contributed by atoms with Crippen LogP contribution in [0.3, 0.4) is 0 Å². The lowest BCUT2D eigenvalue weighted by atomic mass is 10.3. The summed E-state index contributed by atoms with van der Waals surface area (Å²) in [7, 11) is 4.45. The lowest BCUT2D eigenvalue weighted by Crippen LogP contribution is -3.00. The Kier molecular flexibility index (Phi) is 17.8. The lowest BCUT2D eigenvalue weighted by molar-refractivity contribution is -0.899. The van der Waals surface area contributed by atoms with Crippen LogP contribution in [-0.4, -0.2) is 75.5 Å². The average Bonchev–Trinajstić information content (AvgIpc) is 2.73. The van der Waals surface area contributed by atoms with Gasteiger partial charge < -0.3 is 66.4 Å². The maximum Gasteiger partial charge on any atom is 0.149 e. The maximum atomic E-state index is 5.73. The second-order valence-electron chi connectivity index (χ2n) is 7.58. The van der Waals surface area contributed by atoms with Crippen molar-refractivity contribution in [2.24, 2.45) is 0 Å².